The van der Waals surface area contributed by atoms with Crippen molar-refractivity contribution in [2.45, 2.75) is 44.2 Å². The predicted molar refractivity (Wildman–Crippen MR) is 99.0 cm³/mol. The van der Waals surface area contributed by atoms with E-state index in [0.717, 1.165) is 0 Å². The molecule has 1 aromatic carbocycles. The van der Waals surface area contributed by atoms with Crippen LogP contribution in [0.5, 0.6) is 5.75 Å². The van der Waals surface area contributed by atoms with E-state index in [1.54, 1.807) is 25.1 Å². The average Bonchev–Trinajstić information content (AvgIpc) is 3.09. The molecular weight excluding hydrogens is 452 g/mol. The second-order valence-corrected chi connectivity index (χ2v) is 6.54. The summed E-state index contributed by atoms with van der Waals surface area (Å²) in [6.07, 6.45) is -9.22. The summed E-state index contributed by atoms with van der Waals surface area (Å²) >= 11 is 0. The third-order valence-corrected chi connectivity index (χ3v) is 4.30. The van der Waals surface area contributed by atoms with Crippen LogP contribution in [0.3, 0.4) is 0 Å². The van der Waals surface area contributed by atoms with Gasteiger partial charge >= 0.3 is 18.3 Å². The summed E-state index contributed by atoms with van der Waals surface area (Å²) in [5.41, 5.74) is 6.82. The normalized spacial score (nSPS) is 16.4. The first-order valence-corrected chi connectivity index (χ1v) is 9.03. The number of rotatable bonds is 5. The van der Waals surface area contributed by atoms with Crippen LogP contribution in [0.25, 0.3) is 0 Å². The second kappa shape index (κ2) is 10.5. The topological polar surface area (TPSA) is 122 Å². The number of benzene rings is 1. The van der Waals surface area contributed by atoms with Gasteiger partial charge in [-0.05, 0) is 18.6 Å². The van der Waals surface area contributed by atoms with Crippen LogP contribution in [-0.2, 0) is 20.8 Å². The summed E-state index contributed by atoms with van der Waals surface area (Å²) in [6.45, 7) is 0.252. The zero-order chi connectivity index (χ0) is 24.9. The Hall–Kier alpha value is -3.03. The van der Waals surface area contributed by atoms with E-state index < -0.39 is 48.8 Å². The van der Waals surface area contributed by atoms with Crippen molar-refractivity contribution < 1.29 is 50.6 Å². The van der Waals surface area contributed by atoms with Gasteiger partial charge in [0, 0.05) is 12.0 Å². The molecule has 1 heterocycles. The smallest absolute Gasteiger partial charge is 0.490 e. The molecule has 2 atom stereocenters. The van der Waals surface area contributed by atoms with Crippen LogP contribution in [0.15, 0.2) is 18.2 Å². The van der Waals surface area contributed by atoms with Crippen molar-refractivity contribution in [3.05, 3.63) is 23.8 Å². The Bertz CT molecular complexity index is 843. The van der Waals surface area contributed by atoms with Gasteiger partial charge in [0.2, 0.25) is 11.8 Å². The summed E-state index contributed by atoms with van der Waals surface area (Å²) in [5, 5.41) is 8.96. The number of nitrogens with one attached hydrogen (secondary N) is 1. The van der Waals surface area contributed by atoms with Crippen LogP contribution in [0.1, 0.15) is 18.9 Å². The fourth-order valence-corrected chi connectivity index (χ4v) is 2.77. The van der Waals surface area contributed by atoms with Gasteiger partial charge in [-0.1, -0.05) is 13.0 Å². The lowest BCUT2D eigenvalue weighted by Gasteiger charge is -2.27. The zero-order valence-electron chi connectivity index (χ0n) is 16.9. The maximum Gasteiger partial charge on any atom is 0.490 e. The Kier molecular flexibility index (Phi) is 8.88. The number of carbonyl (C=O) groups is 3. The first-order chi connectivity index (χ1) is 14.6. The number of fused-ring (bicyclic) bond motifs is 1. The highest BCUT2D eigenvalue weighted by Crippen LogP contribution is 2.38. The highest BCUT2D eigenvalue weighted by molar-refractivity contribution is 6.06. The Morgan fingerprint density at radius 2 is 1.81 bits per heavy atom. The molecule has 1 aliphatic rings. The Balaban J connectivity index is 0.000000633. The van der Waals surface area contributed by atoms with Gasteiger partial charge < -0.3 is 20.9 Å². The van der Waals surface area contributed by atoms with Gasteiger partial charge in [-0.2, -0.15) is 26.3 Å². The molecule has 32 heavy (non-hydrogen) atoms. The summed E-state index contributed by atoms with van der Waals surface area (Å²) in [4.78, 5) is 35.0. The number of hydrogen-bond acceptors (Lipinski definition) is 5. The van der Waals surface area contributed by atoms with E-state index in [1.807, 2.05) is 5.32 Å². The molecule has 2 amide bonds. The fourth-order valence-electron chi connectivity index (χ4n) is 2.77. The summed E-state index contributed by atoms with van der Waals surface area (Å²) < 4.78 is 74.1. The van der Waals surface area contributed by atoms with Crippen molar-refractivity contribution >= 4 is 23.5 Å². The standard InChI is InChI=1S/C16H20F3N3O3.C2HF3O2/c1-3-10(20)15(24)22-11-5-4-6-13(25-2)9(11)7-12(22)14(23)21-8-16(17,18)19;3-2(4,5)1(6)7/h4-6,10,12H,3,7-8,20H2,1-2H3,(H,21,23);(H,6,7)/t10-,12-;/m0./s1. The SMILES string of the molecule is CC[C@H](N)C(=O)N1c2cccc(OC)c2C[C@H]1C(=O)NCC(F)(F)F.O=C(O)C(F)(F)F. The number of aliphatic carboxylic acids is 1. The minimum absolute atomic E-state index is 0.0607. The number of methoxy groups -OCH3 is 1. The van der Waals surface area contributed by atoms with Gasteiger partial charge in [-0.3, -0.25) is 14.5 Å². The number of carbonyl (C=O) groups excluding carboxylic acids is 2. The van der Waals surface area contributed by atoms with Crippen molar-refractivity contribution in [1.29, 1.82) is 0 Å². The van der Waals surface area contributed by atoms with E-state index in [-0.39, 0.29) is 6.42 Å². The third kappa shape index (κ3) is 7.00. The van der Waals surface area contributed by atoms with Gasteiger partial charge in [-0.25, -0.2) is 4.79 Å². The third-order valence-electron chi connectivity index (χ3n) is 4.30. The number of ether oxygens (including phenoxy) is 1. The van der Waals surface area contributed by atoms with Crippen LogP contribution >= 0.6 is 0 Å². The molecule has 4 N–H and O–H groups in total. The molecule has 1 aliphatic heterocycles. The van der Waals surface area contributed by atoms with Gasteiger partial charge in [0.05, 0.1) is 18.8 Å². The van der Waals surface area contributed by atoms with Crippen LogP contribution in [0.4, 0.5) is 32.0 Å². The van der Waals surface area contributed by atoms with E-state index in [2.05, 4.69) is 0 Å². The molecule has 0 aliphatic carbocycles. The molecule has 0 unspecified atom stereocenters. The number of nitrogens with zero attached hydrogens (tertiary/aromatic N) is 1. The van der Waals surface area contributed by atoms with Crippen molar-refractivity contribution in [2.24, 2.45) is 5.73 Å². The lowest BCUT2D eigenvalue weighted by Crippen LogP contribution is -2.53. The lowest BCUT2D eigenvalue weighted by molar-refractivity contribution is -0.192. The molecule has 1 aromatic rings. The zero-order valence-corrected chi connectivity index (χ0v) is 16.9. The number of halogens is 6. The minimum Gasteiger partial charge on any atom is -0.496 e. The van der Waals surface area contributed by atoms with Gasteiger partial charge in [0.15, 0.2) is 0 Å². The second-order valence-electron chi connectivity index (χ2n) is 6.54. The van der Waals surface area contributed by atoms with Crippen molar-refractivity contribution in [1.82, 2.24) is 5.32 Å². The van der Waals surface area contributed by atoms with Crippen LogP contribution in [-0.4, -0.2) is 61.0 Å². The summed E-state index contributed by atoms with van der Waals surface area (Å²) in [5.74, 6) is -3.69. The highest BCUT2D eigenvalue weighted by Gasteiger charge is 2.42. The van der Waals surface area contributed by atoms with E-state index in [9.17, 15) is 35.9 Å². The van der Waals surface area contributed by atoms with E-state index in [0.29, 0.717) is 23.4 Å². The molecule has 14 heteroatoms. The summed E-state index contributed by atoms with van der Waals surface area (Å²) in [6, 6.07) is 2.98. The molecule has 0 spiro atoms. The Labute approximate surface area is 178 Å². The molecule has 2 rings (SSSR count). The molecule has 0 saturated heterocycles. The number of hydrogen-bond donors (Lipinski definition) is 3. The monoisotopic (exact) mass is 473 g/mol. The number of amides is 2. The number of nitrogens with two attached hydrogens (primary N) is 1. The predicted octanol–water partition coefficient (Wildman–Crippen LogP) is 2.00. The van der Waals surface area contributed by atoms with Crippen molar-refractivity contribution in [2.75, 3.05) is 18.6 Å². The molecule has 0 fully saturated rings. The van der Waals surface area contributed by atoms with Crippen LogP contribution in [0, 0.1) is 0 Å². The quantitative estimate of drug-likeness (QED) is 0.563. The molecule has 0 saturated carbocycles. The first-order valence-electron chi connectivity index (χ1n) is 9.03. The molecular formula is C18H21F6N3O5. The van der Waals surface area contributed by atoms with Gasteiger partial charge in [0.25, 0.3) is 0 Å². The molecule has 180 valence electrons. The molecule has 0 bridgehead atoms. The highest BCUT2D eigenvalue weighted by atomic mass is 19.4. The fraction of sp³-hybridized carbons (Fsp3) is 0.500. The molecule has 0 radical (unpaired) electrons. The molecule has 0 aromatic heterocycles. The maximum absolute atomic E-state index is 12.6. The lowest BCUT2D eigenvalue weighted by atomic mass is 10.1. The van der Waals surface area contributed by atoms with Gasteiger partial charge in [-0.15, -0.1) is 0 Å². The largest absolute Gasteiger partial charge is 0.496 e. The number of anilines is 1. The van der Waals surface area contributed by atoms with Crippen molar-refractivity contribution in [3.63, 3.8) is 0 Å². The number of alkyl halides is 6. The van der Waals surface area contributed by atoms with E-state index in [1.165, 1.54) is 12.0 Å². The first kappa shape index (κ1) is 27.0. The number of carboxylic acids is 1. The van der Waals surface area contributed by atoms with E-state index in [4.69, 9.17) is 20.4 Å². The van der Waals surface area contributed by atoms with Crippen LogP contribution in [0.2, 0.25) is 0 Å². The van der Waals surface area contributed by atoms with Crippen molar-refractivity contribution in [3.8, 4) is 5.75 Å². The van der Waals surface area contributed by atoms with E-state index >= 15 is 0 Å². The minimum atomic E-state index is -5.08. The maximum atomic E-state index is 12.6. The van der Waals surface area contributed by atoms with Gasteiger partial charge in [0.1, 0.15) is 18.3 Å². The Morgan fingerprint density at radius 1 is 1.25 bits per heavy atom. The van der Waals surface area contributed by atoms with Crippen LogP contribution < -0.4 is 20.7 Å². The average molecular weight is 473 g/mol. The summed E-state index contributed by atoms with van der Waals surface area (Å²) in [7, 11) is 1.44. The number of carboxylic acid groups (broad SMARTS) is 1. The Morgan fingerprint density at radius 3 is 2.25 bits per heavy atom. The molecule has 8 nitrogen and oxygen atoms in total.